The topological polar surface area (TPSA) is 133 Å². The van der Waals surface area contributed by atoms with Crippen LogP contribution in [0.4, 0.5) is 20.8 Å². The van der Waals surface area contributed by atoms with Crippen LogP contribution in [0.5, 0.6) is 11.5 Å². The van der Waals surface area contributed by atoms with Crippen LogP contribution in [0.3, 0.4) is 0 Å². The Labute approximate surface area is 269 Å². The van der Waals surface area contributed by atoms with Gasteiger partial charge >= 0.3 is 6.09 Å². The third-order valence-corrected chi connectivity index (χ3v) is 8.72. The fraction of sp³-hybridized carbons (Fsp3) is 0.471. The molecule has 244 valence electrons. The maximum atomic E-state index is 15.6. The first-order valence-corrected chi connectivity index (χ1v) is 15.9. The molecule has 2 aromatic carbocycles. The van der Waals surface area contributed by atoms with Crippen molar-refractivity contribution in [3.05, 3.63) is 72.1 Å². The molecule has 0 unspecified atom stereocenters. The summed E-state index contributed by atoms with van der Waals surface area (Å²) in [6.45, 7) is 10.9. The summed E-state index contributed by atoms with van der Waals surface area (Å²) < 4.78 is 26.9. The molecular formula is C34H43FN8O3. The predicted octanol–water partition coefficient (Wildman–Crippen LogP) is 4.64. The first-order valence-electron chi connectivity index (χ1n) is 15.9. The number of hydrogen-bond donors (Lipinski definition) is 3. The number of nitrogens with zero attached hydrogens (tertiary/aromatic N) is 5. The molecule has 3 saturated heterocycles. The van der Waals surface area contributed by atoms with Crippen LogP contribution in [0.15, 0.2) is 60.9 Å². The molecule has 46 heavy (non-hydrogen) atoms. The number of carbonyl (C=O) groups is 1. The molecule has 0 bridgehead atoms. The first kappa shape index (κ1) is 31.7. The highest BCUT2D eigenvalue weighted by molar-refractivity contribution is 6.16. The van der Waals surface area contributed by atoms with E-state index in [1.54, 1.807) is 29.2 Å². The smallest absolute Gasteiger partial charge is 0.410 e. The molecule has 1 amide bonds. The number of rotatable bonds is 9. The van der Waals surface area contributed by atoms with E-state index >= 15 is 4.39 Å². The first-order chi connectivity index (χ1) is 22.0. The number of likely N-dealkylation sites (tertiary alicyclic amines) is 3. The van der Waals surface area contributed by atoms with Crippen molar-refractivity contribution in [1.29, 1.82) is 5.41 Å². The molecule has 3 aromatic rings. The molecule has 1 aromatic heterocycles. The Kier molecular flexibility index (Phi) is 9.10. The summed E-state index contributed by atoms with van der Waals surface area (Å²) in [5.41, 5.74) is 6.87. The Morgan fingerprint density at radius 2 is 1.72 bits per heavy atom. The van der Waals surface area contributed by atoms with Gasteiger partial charge in [0.15, 0.2) is 0 Å². The van der Waals surface area contributed by atoms with Gasteiger partial charge in [-0.2, -0.15) is 0 Å². The Morgan fingerprint density at radius 3 is 2.39 bits per heavy atom. The van der Waals surface area contributed by atoms with E-state index in [0.717, 1.165) is 45.0 Å². The van der Waals surface area contributed by atoms with Gasteiger partial charge in [0.05, 0.1) is 17.3 Å². The summed E-state index contributed by atoms with van der Waals surface area (Å²) in [7, 11) is 0. The van der Waals surface area contributed by atoms with Gasteiger partial charge in [-0.15, -0.1) is 0 Å². The van der Waals surface area contributed by atoms with Crippen molar-refractivity contribution < 1.29 is 18.7 Å². The van der Waals surface area contributed by atoms with E-state index < -0.39 is 17.8 Å². The van der Waals surface area contributed by atoms with Gasteiger partial charge in [0, 0.05) is 63.3 Å². The van der Waals surface area contributed by atoms with Crippen LogP contribution in [0.2, 0.25) is 0 Å². The van der Waals surface area contributed by atoms with Crippen LogP contribution in [0.1, 0.15) is 38.3 Å². The Morgan fingerprint density at radius 1 is 1.02 bits per heavy atom. The zero-order valence-electron chi connectivity index (χ0n) is 26.7. The van der Waals surface area contributed by atoms with Crippen molar-refractivity contribution in [3.8, 4) is 11.5 Å². The standard InChI is InChI=1S/C34H43FN8O3/c1-34(2,3)46-33(44)43-16-22(17-43)15-41-18-24(19-41)42-14-13-28(27(35)20-42)40-32-29(31(37)38-21-39-32)30(36)23-9-11-26(12-10-23)45-25-7-5-4-6-8-25/h4-12,21-22,24,27-28,36H,13-20H2,1-3H3,(H3,37,38,39,40)/t27-,28+/m0/s1. The van der Waals surface area contributed by atoms with E-state index in [-0.39, 0.29) is 17.6 Å². The SMILES string of the molecule is CC(C)(C)OC(=O)N1CC(CN2CC(N3CC[C@@H](Nc4ncnc(N)c4C(=N)c4ccc(Oc5ccccc5)cc4)[C@@H](F)C3)C2)C1. The van der Waals surface area contributed by atoms with Gasteiger partial charge in [-0.25, -0.2) is 19.2 Å². The minimum Gasteiger partial charge on any atom is -0.457 e. The van der Waals surface area contributed by atoms with Crippen molar-refractivity contribution in [2.75, 3.05) is 56.9 Å². The number of alkyl halides is 1. The number of nitrogens with one attached hydrogen (secondary N) is 2. The number of nitrogens with two attached hydrogens (primary N) is 1. The largest absolute Gasteiger partial charge is 0.457 e. The van der Waals surface area contributed by atoms with Gasteiger partial charge in [0.1, 0.15) is 41.2 Å². The molecule has 0 saturated carbocycles. The van der Waals surface area contributed by atoms with Gasteiger partial charge in [-0.3, -0.25) is 15.2 Å². The van der Waals surface area contributed by atoms with E-state index in [2.05, 4.69) is 25.1 Å². The fourth-order valence-electron chi connectivity index (χ4n) is 6.26. The van der Waals surface area contributed by atoms with Gasteiger partial charge < -0.3 is 25.4 Å². The lowest BCUT2D eigenvalue weighted by Gasteiger charge is -2.51. The molecule has 0 spiro atoms. The Hall–Kier alpha value is -4.29. The second kappa shape index (κ2) is 13.2. The monoisotopic (exact) mass is 630 g/mol. The molecule has 0 aliphatic carbocycles. The molecule has 12 heteroatoms. The van der Waals surface area contributed by atoms with Gasteiger partial charge in [-0.1, -0.05) is 18.2 Å². The highest BCUT2D eigenvalue weighted by Crippen LogP contribution is 2.29. The number of ether oxygens (including phenoxy) is 2. The van der Waals surface area contributed by atoms with Crippen LogP contribution in [0, 0.1) is 11.3 Å². The van der Waals surface area contributed by atoms with Crippen molar-refractivity contribution in [2.45, 2.75) is 51.0 Å². The summed E-state index contributed by atoms with van der Waals surface area (Å²) in [5.74, 6) is 2.34. The molecule has 3 fully saturated rings. The molecule has 3 aliphatic rings. The van der Waals surface area contributed by atoms with Crippen molar-refractivity contribution in [1.82, 2.24) is 24.7 Å². The number of halogens is 1. The highest BCUT2D eigenvalue weighted by Gasteiger charge is 2.41. The van der Waals surface area contributed by atoms with Crippen LogP contribution >= 0.6 is 0 Å². The second-order valence-corrected chi connectivity index (χ2v) is 13.5. The number of benzene rings is 2. The van der Waals surface area contributed by atoms with E-state index in [4.69, 9.17) is 20.6 Å². The molecule has 4 N–H and O–H groups in total. The summed E-state index contributed by atoms with van der Waals surface area (Å²) in [6, 6.07) is 16.5. The molecule has 3 aliphatic heterocycles. The molecular weight excluding hydrogens is 587 g/mol. The second-order valence-electron chi connectivity index (χ2n) is 13.5. The number of anilines is 2. The number of amides is 1. The third kappa shape index (κ3) is 7.39. The molecule has 6 rings (SSSR count). The fourth-order valence-corrected chi connectivity index (χ4v) is 6.26. The third-order valence-electron chi connectivity index (χ3n) is 8.72. The van der Waals surface area contributed by atoms with Crippen molar-refractivity contribution in [2.24, 2.45) is 5.92 Å². The number of aromatic nitrogens is 2. The minimum absolute atomic E-state index is 0.148. The molecule has 11 nitrogen and oxygen atoms in total. The molecule has 2 atom stereocenters. The quantitative estimate of drug-likeness (QED) is 0.289. The van der Waals surface area contributed by atoms with Crippen LogP contribution in [0.25, 0.3) is 0 Å². The Balaban J connectivity index is 0.986. The lowest BCUT2D eigenvalue weighted by atomic mass is 9.94. The molecule has 4 heterocycles. The van der Waals surface area contributed by atoms with E-state index in [9.17, 15) is 4.79 Å². The zero-order valence-corrected chi connectivity index (χ0v) is 26.7. The maximum absolute atomic E-state index is 15.6. The average Bonchev–Trinajstić information content (AvgIpc) is 2.96. The van der Waals surface area contributed by atoms with Crippen molar-refractivity contribution in [3.63, 3.8) is 0 Å². The van der Waals surface area contributed by atoms with Crippen molar-refractivity contribution >= 4 is 23.4 Å². The number of carbonyl (C=O) groups excluding carboxylic acids is 1. The maximum Gasteiger partial charge on any atom is 0.410 e. The minimum atomic E-state index is -1.11. The summed E-state index contributed by atoms with van der Waals surface area (Å²) in [6.07, 6.45) is 0.593. The average molecular weight is 631 g/mol. The van der Waals surface area contributed by atoms with E-state index in [1.807, 2.05) is 51.1 Å². The van der Waals surface area contributed by atoms with Crippen LogP contribution < -0.4 is 15.8 Å². The lowest BCUT2D eigenvalue weighted by Crippen LogP contribution is -2.65. The van der Waals surface area contributed by atoms with E-state index in [0.29, 0.717) is 47.6 Å². The number of piperidine rings is 1. The summed E-state index contributed by atoms with van der Waals surface area (Å²) in [4.78, 5) is 27.1. The number of para-hydroxylation sites is 1. The molecule has 0 radical (unpaired) electrons. The normalized spacial score (nSPS) is 21.3. The van der Waals surface area contributed by atoms with Gasteiger partial charge in [-0.05, 0) is 63.6 Å². The lowest BCUT2D eigenvalue weighted by molar-refractivity contribution is -0.0329. The Bertz CT molecular complexity index is 1520. The van der Waals surface area contributed by atoms with E-state index in [1.165, 1.54) is 6.33 Å². The number of nitrogen functional groups attached to an aromatic ring is 1. The van der Waals surface area contributed by atoms with Gasteiger partial charge in [0.2, 0.25) is 0 Å². The van der Waals surface area contributed by atoms with Crippen LogP contribution in [-0.4, -0.2) is 106 Å². The summed E-state index contributed by atoms with van der Waals surface area (Å²) >= 11 is 0. The zero-order chi connectivity index (χ0) is 32.4. The van der Waals surface area contributed by atoms with Gasteiger partial charge in [0.25, 0.3) is 0 Å². The predicted molar refractivity (Wildman–Crippen MR) is 175 cm³/mol. The number of hydrogen-bond acceptors (Lipinski definition) is 10. The summed E-state index contributed by atoms with van der Waals surface area (Å²) in [5, 5.41) is 12.2. The highest BCUT2D eigenvalue weighted by atomic mass is 19.1. The van der Waals surface area contributed by atoms with Crippen LogP contribution in [-0.2, 0) is 4.74 Å².